The number of imide groups is 1. The summed E-state index contributed by atoms with van der Waals surface area (Å²) in [6.45, 7) is 1.35. The maximum absolute atomic E-state index is 13.4. The van der Waals surface area contributed by atoms with Crippen LogP contribution in [-0.2, 0) is 11.8 Å². The van der Waals surface area contributed by atoms with Crippen molar-refractivity contribution >= 4 is 23.4 Å². The molecule has 4 rings (SSSR count). The Labute approximate surface area is 186 Å². The van der Waals surface area contributed by atoms with Crippen molar-refractivity contribution in [2.24, 2.45) is 7.05 Å². The quantitative estimate of drug-likeness (QED) is 0.348. The molecule has 0 bridgehead atoms. The number of aryl methyl sites for hydroxylation is 1. The molecule has 1 unspecified atom stereocenters. The number of nitrogens with zero attached hydrogens (tertiary/aromatic N) is 4. The van der Waals surface area contributed by atoms with Crippen molar-refractivity contribution in [2.45, 2.75) is 19.0 Å². The van der Waals surface area contributed by atoms with Gasteiger partial charge in [-0.1, -0.05) is 18.2 Å². The van der Waals surface area contributed by atoms with Gasteiger partial charge in [0.05, 0.1) is 10.5 Å². The number of fused-ring (bicyclic) bond motifs is 1. The molecule has 0 fully saturated rings. The van der Waals surface area contributed by atoms with Crippen LogP contribution < -0.4 is 5.32 Å². The summed E-state index contributed by atoms with van der Waals surface area (Å²) in [4.78, 5) is 54.4. The first-order chi connectivity index (χ1) is 15.7. The van der Waals surface area contributed by atoms with Crippen LogP contribution in [0.1, 0.15) is 45.1 Å². The zero-order chi connectivity index (χ0) is 23.9. The van der Waals surface area contributed by atoms with Gasteiger partial charge in [-0.2, -0.15) is 0 Å². The SMILES string of the molecule is C[C@@H](C(=O)NC(c1ccc(F)cc1)c1nccn1C)N1C(=O)c2cccc([N+](=O)[O-])c2C1=O. The van der Waals surface area contributed by atoms with E-state index in [1.807, 2.05) is 0 Å². The largest absolute Gasteiger partial charge is 0.340 e. The van der Waals surface area contributed by atoms with Crippen molar-refractivity contribution in [3.63, 3.8) is 0 Å². The van der Waals surface area contributed by atoms with Gasteiger partial charge in [-0.05, 0) is 30.7 Å². The number of halogens is 1. The van der Waals surface area contributed by atoms with Gasteiger partial charge in [-0.3, -0.25) is 29.4 Å². The Bertz CT molecular complexity index is 1290. The minimum atomic E-state index is -1.28. The summed E-state index contributed by atoms with van der Waals surface area (Å²) < 4.78 is 15.1. The normalized spacial score (nSPS) is 14.7. The highest BCUT2D eigenvalue weighted by Crippen LogP contribution is 2.32. The third kappa shape index (κ3) is 3.73. The Kier molecular flexibility index (Phi) is 5.46. The Morgan fingerprint density at radius 2 is 1.85 bits per heavy atom. The first kappa shape index (κ1) is 21.8. The first-order valence-electron chi connectivity index (χ1n) is 9.89. The second kappa shape index (κ2) is 8.26. The third-order valence-corrected chi connectivity index (χ3v) is 5.49. The molecule has 1 N–H and O–H groups in total. The highest BCUT2D eigenvalue weighted by Gasteiger charge is 2.45. The van der Waals surface area contributed by atoms with E-state index in [0.717, 1.165) is 6.07 Å². The van der Waals surface area contributed by atoms with Crippen LogP contribution in [-0.4, -0.2) is 43.1 Å². The van der Waals surface area contributed by atoms with Crippen LogP contribution in [0.2, 0.25) is 0 Å². The molecular weight excluding hydrogens is 433 g/mol. The number of benzene rings is 2. The van der Waals surface area contributed by atoms with E-state index in [1.54, 1.807) is 17.8 Å². The van der Waals surface area contributed by atoms with E-state index >= 15 is 0 Å². The summed E-state index contributed by atoms with van der Waals surface area (Å²) in [5.41, 5.74) is -0.443. The number of imidazole rings is 1. The number of amides is 3. The van der Waals surface area contributed by atoms with Gasteiger partial charge in [0.1, 0.15) is 29.3 Å². The molecule has 0 aliphatic carbocycles. The smallest absolute Gasteiger partial charge is 0.282 e. The molecule has 0 radical (unpaired) electrons. The number of rotatable bonds is 6. The Balaban J connectivity index is 1.64. The second-order valence-corrected chi connectivity index (χ2v) is 7.50. The number of nitrogens with one attached hydrogen (secondary N) is 1. The Morgan fingerprint density at radius 3 is 2.45 bits per heavy atom. The van der Waals surface area contributed by atoms with Crippen LogP contribution in [0.3, 0.4) is 0 Å². The molecule has 0 spiro atoms. The van der Waals surface area contributed by atoms with Crippen LogP contribution >= 0.6 is 0 Å². The second-order valence-electron chi connectivity index (χ2n) is 7.50. The van der Waals surface area contributed by atoms with E-state index < -0.39 is 46.2 Å². The molecule has 3 amide bonds. The molecule has 10 nitrogen and oxygen atoms in total. The highest BCUT2D eigenvalue weighted by atomic mass is 19.1. The van der Waals surface area contributed by atoms with Gasteiger partial charge < -0.3 is 9.88 Å². The lowest BCUT2D eigenvalue weighted by molar-refractivity contribution is -0.385. The first-order valence-corrected chi connectivity index (χ1v) is 9.89. The molecule has 33 heavy (non-hydrogen) atoms. The number of carbonyl (C=O) groups excluding carboxylic acids is 3. The minimum absolute atomic E-state index is 0.131. The zero-order valence-corrected chi connectivity index (χ0v) is 17.6. The number of hydrogen-bond acceptors (Lipinski definition) is 6. The van der Waals surface area contributed by atoms with E-state index in [2.05, 4.69) is 10.3 Å². The van der Waals surface area contributed by atoms with Crippen molar-refractivity contribution in [1.29, 1.82) is 0 Å². The number of aromatic nitrogens is 2. The van der Waals surface area contributed by atoms with Gasteiger partial charge in [-0.25, -0.2) is 9.37 Å². The van der Waals surface area contributed by atoms with E-state index in [4.69, 9.17) is 0 Å². The summed E-state index contributed by atoms with van der Waals surface area (Å²) >= 11 is 0. The molecule has 1 aliphatic rings. The summed E-state index contributed by atoms with van der Waals surface area (Å²) in [6.07, 6.45) is 3.20. The molecule has 2 atom stereocenters. The van der Waals surface area contributed by atoms with Crippen LogP contribution in [0.5, 0.6) is 0 Å². The van der Waals surface area contributed by atoms with Gasteiger partial charge >= 0.3 is 0 Å². The lowest BCUT2D eigenvalue weighted by Crippen LogP contribution is -2.49. The monoisotopic (exact) mass is 451 g/mol. The number of carbonyl (C=O) groups is 3. The standard InChI is InChI=1S/C22H18FN5O5/c1-12(27-21(30)15-4-3-5-16(28(32)33)17(15)22(27)31)20(29)25-18(19-24-10-11-26(19)2)13-6-8-14(23)9-7-13/h3-12,18H,1-2H3,(H,25,29)/t12-,18?/m0/s1. The molecular formula is C22H18FN5O5. The van der Waals surface area contributed by atoms with Crippen molar-refractivity contribution < 1.29 is 23.7 Å². The third-order valence-electron chi connectivity index (χ3n) is 5.49. The topological polar surface area (TPSA) is 127 Å². The molecule has 1 aromatic heterocycles. The average molecular weight is 451 g/mol. The van der Waals surface area contributed by atoms with Crippen molar-refractivity contribution in [2.75, 3.05) is 0 Å². The molecule has 1 aliphatic heterocycles. The summed E-state index contributed by atoms with van der Waals surface area (Å²) in [5.74, 6) is -2.41. The van der Waals surface area contributed by atoms with Crippen LogP contribution in [0.15, 0.2) is 54.9 Å². The molecule has 0 saturated heterocycles. The minimum Gasteiger partial charge on any atom is -0.340 e. The van der Waals surface area contributed by atoms with Crippen LogP contribution in [0, 0.1) is 15.9 Å². The summed E-state index contributed by atoms with van der Waals surface area (Å²) in [6, 6.07) is 7.13. The van der Waals surface area contributed by atoms with Gasteiger partial charge in [0.25, 0.3) is 17.5 Å². The van der Waals surface area contributed by atoms with E-state index in [0.29, 0.717) is 16.3 Å². The lowest BCUT2D eigenvalue weighted by atomic mass is 10.1. The maximum atomic E-state index is 13.4. The van der Waals surface area contributed by atoms with Gasteiger partial charge in [0.2, 0.25) is 5.91 Å². The molecule has 168 valence electrons. The summed E-state index contributed by atoms with van der Waals surface area (Å²) in [5, 5.41) is 14.1. The lowest BCUT2D eigenvalue weighted by Gasteiger charge is -2.25. The fraction of sp³-hybridized carbons (Fsp3) is 0.182. The summed E-state index contributed by atoms with van der Waals surface area (Å²) in [7, 11) is 1.72. The average Bonchev–Trinajstić information content (AvgIpc) is 3.32. The number of nitro groups is 1. The zero-order valence-electron chi connectivity index (χ0n) is 17.6. The molecule has 2 aromatic carbocycles. The predicted molar refractivity (Wildman–Crippen MR) is 113 cm³/mol. The van der Waals surface area contributed by atoms with Gasteiger partial charge in [0.15, 0.2) is 0 Å². The van der Waals surface area contributed by atoms with E-state index in [-0.39, 0.29) is 11.1 Å². The maximum Gasteiger partial charge on any atom is 0.282 e. The van der Waals surface area contributed by atoms with Crippen molar-refractivity contribution in [3.05, 3.63) is 93.3 Å². The van der Waals surface area contributed by atoms with Crippen LogP contribution in [0.25, 0.3) is 0 Å². The predicted octanol–water partition coefficient (Wildman–Crippen LogP) is 2.36. The van der Waals surface area contributed by atoms with Crippen molar-refractivity contribution in [3.8, 4) is 0 Å². The number of nitro benzene ring substituents is 1. The molecule has 0 saturated carbocycles. The van der Waals surface area contributed by atoms with Gasteiger partial charge in [0, 0.05) is 25.5 Å². The van der Waals surface area contributed by atoms with E-state index in [1.165, 1.54) is 49.5 Å². The van der Waals surface area contributed by atoms with E-state index in [9.17, 15) is 28.9 Å². The highest BCUT2D eigenvalue weighted by molar-refractivity contribution is 6.24. The fourth-order valence-electron chi connectivity index (χ4n) is 3.78. The van der Waals surface area contributed by atoms with Crippen LogP contribution in [0.4, 0.5) is 10.1 Å². The number of hydrogen-bond donors (Lipinski definition) is 1. The Morgan fingerprint density at radius 1 is 1.15 bits per heavy atom. The molecule has 3 aromatic rings. The van der Waals surface area contributed by atoms with Crippen molar-refractivity contribution in [1.82, 2.24) is 19.8 Å². The fourth-order valence-corrected chi connectivity index (χ4v) is 3.78. The molecule has 11 heteroatoms. The van der Waals surface area contributed by atoms with Gasteiger partial charge in [-0.15, -0.1) is 0 Å². The Hall–Kier alpha value is -4.41. The molecule has 2 heterocycles.